The Morgan fingerprint density at radius 1 is 1.50 bits per heavy atom. The van der Waals surface area contributed by atoms with Crippen molar-refractivity contribution in [2.24, 2.45) is 15.9 Å². The van der Waals surface area contributed by atoms with Crippen molar-refractivity contribution in [3.8, 4) is 0 Å². The molecule has 1 saturated heterocycles. The van der Waals surface area contributed by atoms with E-state index in [1.807, 2.05) is 6.08 Å². The summed E-state index contributed by atoms with van der Waals surface area (Å²) in [5, 5.41) is 2.87. The van der Waals surface area contributed by atoms with Crippen molar-refractivity contribution in [3.63, 3.8) is 0 Å². The Morgan fingerprint density at radius 2 is 2.43 bits per heavy atom. The molecule has 70 valence electrons. The molecule has 0 radical (unpaired) electrons. The average molecular weight is 187 g/mol. The van der Waals surface area contributed by atoms with E-state index in [1.54, 1.807) is 6.34 Å². The maximum Gasteiger partial charge on any atom is 0.224 e. The van der Waals surface area contributed by atoms with Crippen molar-refractivity contribution in [2.75, 3.05) is 0 Å². The van der Waals surface area contributed by atoms with Crippen molar-refractivity contribution >= 4 is 18.0 Å². The van der Waals surface area contributed by atoms with Crippen LogP contribution >= 0.6 is 0 Å². The summed E-state index contributed by atoms with van der Waals surface area (Å²) in [6.07, 6.45) is 7.03. The molecule has 1 unspecified atom stereocenters. The molecule has 2 aliphatic heterocycles. The zero-order valence-corrected chi connectivity index (χ0v) is 7.53. The lowest BCUT2D eigenvalue weighted by Crippen LogP contribution is -2.34. The normalized spacial score (nSPS) is 28.4. The van der Waals surface area contributed by atoms with E-state index in [1.165, 1.54) is 0 Å². The molecule has 3 rings (SSSR count). The maximum absolute atomic E-state index is 11.2. The predicted octanol–water partition coefficient (Wildman–Crippen LogP) is 0.777. The van der Waals surface area contributed by atoms with Gasteiger partial charge < -0.3 is 5.32 Å². The van der Waals surface area contributed by atoms with Crippen molar-refractivity contribution in [1.29, 1.82) is 0 Å². The summed E-state index contributed by atoms with van der Waals surface area (Å²) >= 11 is 0. The van der Waals surface area contributed by atoms with Gasteiger partial charge in [-0.15, -0.1) is 0 Å². The Balaban J connectivity index is 1.99. The molecule has 0 saturated carbocycles. The van der Waals surface area contributed by atoms with Gasteiger partial charge in [-0.2, -0.15) is 0 Å². The number of piperidine rings is 1. The fraction of sp³-hybridized carbons (Fsp3) is 0.300. The SMILES string of the molecule is O=C1CCC2C=C3N=CN=C3C=C2N1. The average Bonchev–Trinajstić information content (AvgIpc) is 2.61. The summed E-state index contributed by atoms with van der Waals surface area (Å²) in [6, 6.07) is 0. The zero-order valence-electron chi connectivity index (χ0n) is 7.53. The second-order valence-corrected chi connectivity index (χ2v) is 3.60. The Bertz CT molecular complexity index is 429. The summed E-state index contributed by atoms with van der Waals surface area (Å²) in [5.41, 5.74) is 2.77. The highest BCUT2D eigenvalue weighted by Gasteiger charge is 2.27. The molecule has 14 heavy (non-hydrogen) atoms. The Morgan fingerprint density at radius 3 is 3.36 bits per heavy atom. The molecule has 1 N–H and O–H groups in total. The smallest absolute Gasteiger partial charge is 0.224 e. The molecule has 1 amide bonds. The van der Waals surface area contributed by atoms with Gasteiger partial charge in [0, 0.05) is 18.0 Å². The number of allylic oxidation sites excluding steroid dienone is 2. The van der Waals surface area contributed by atoms with Gasteiger partial charge in [0.1, 0.15) is 6.34 Å². The Labute approximate surface area is 81.1 Å². The van der Waals surface area contributed by atoms with Gasteiger partial charge in [0.2, 0.25) is 5.91 Å². The molecule has 2 heterocycles. The van der Waals surface area contributed by atoms with E-state index in [-0.39, 0.29) is 5.91 Å². The number of amides is 1. The monoisotopic (exact) mass is 187 g/mol. The molecule has 1 fully saturated rings. The first-order valence-corrected chi connectivity index (χ1v) is 4.67. The second-order valence-electron chi connectivity index (χ2n) is 3.60. The summed E-state index contributed by atoms with van der Waals surface area (Å²) in [4.78, 5) is 19.4. The summed E-state index contributed by atoms with van der Waals surface area (Å²) < 4.78 is 0. The van der Waals surface area contributed by atoms with E-state index in [0.29, 0.717) is 12.3 Å². The van der Waals surface area contributed by atoms with Gasteiger partial charge in [0.25, 0.3) is 0 Å². The van der Waals surface area contributed by atoms with Gasteiger partial charge in [-0.3, -0.25) is 4.79 Å². The van der Waals surface area contributed by atoms with Crippen LogP contribution in [0.2, 0.25) is 0 Å². The van der Waals surface area contributed by atoms with E-state index in [2.05, 4.69) is 21.4 Å². The van der Waals surface area contributed by atoms with Crippen LogP contribution in [0.5, 0.6) is 0 Å². The first-order chi connectivity index (χ1) is 6.83. The van der Waals surface area contributed by atoms with Crippen LogP contribution in [-0.2, 0) is 4.79 Å². The summed E-state index contributed by atoms with van der Waals surface area (Å²) in [6.45, 7) is 0. The molecular formula is C10H9N3O. The van der Waals surface area contributed by atoms with Crippen molar-refractivity contribution < 1.29 is 4.79 Å². The number of fused-ring (bicyclic) bond motifs is 2. The van der Waals surface area contributed by atoms with Gasteiger partial charge in [0.15, 0.2) is 0 Å². The van der Waals surface area contributed by atoms with Gasteiger partial charge in [-0.25, -0.2) is 9.98 Å². The quantitative estimate of drug-likeness (QED) is 0.598. The number of carbonyl (C=O) groups excluding carboxylic acids is 1. The zero-order chi connectivity index (χ0) is 9.54. The second kappa shape index (κ2) is 2.64. The Kier molecular flexibility index (Phi) is 1.45. The highest BCUT2D eigenvalue weighted by molar-refractivity contribution is 6.15. The minimum Gasteiger partial charge on any atom is -0.329 e. The van der Waals surface area contributed by atoms with Crippen molar-refractivity contribution in [2.45, 2.75) is 12.8 Å². The molecule has 0 spiro atoms. The number of aliphatic imine (C=N–C) groups is 2. The van der Waals surface area contributed by atoms with Crippen LogP contribution in [-0.4, -0.2) is 18.0 Å². The van der Waals surface area contributed by atoms with Crippen molar-refractivity contribution in [1.82, 2.24) is 5.32 Å². The molecular weight excluding hydrogens is 178 g/mol. The fourth-order valence-corrected chi connectivity index (χ4v) is 1.94. The first kappa shape index (κ1) is 7.67. The van der Waals surface area contributed by atoms with Crippen molar-refractivity contribution in [3.05, 3.63) is 23.5 Å². The van der Waals surface area contributed by atoms with E-state index < -0.39 is 0 Å². The number of nitrogens with zero attached hydrogens (tertiary/aromatic N) is 2. The molecule has 3 aliphatic rings. The number of hydrogen-bond donors (Lipinski definition) is 1. The molecule has 0 bridgehead atoms. The standard InChI is InChI=1S/C10H9N3O/c14-10-2-1-6-3-8-9(12-5-11-8)4-7(6)13-10/h3-6H,1-2H2,(H,13,14). The van der Waals surface area contributed by atoms with Gasteiger partial charge in [0.05, 0.1) is 11.4 Å². The van der Waals surface area contributed by atoms with Gasteiger partial charge in [-0.05, 0) is 18.6 Å². The highest BCUT2D eigenvalue weighted by Crippen LogP contribution is 2.29. The predicted molar refractivity (Wildman–Crippen MR) is 53.0 cm³/mol. The third-order valence-electron chi connectivity index (χ3n) is 2.67. The van der Waals surface area contributed by atoms with Crippen LogP contribution in [0.1, 0.15) is 12.8 Å². The molecule has 1 atom stereocenters. The minimum absolute atomic E-state index is 0.101. The lowest BCUT2D eigenvalue weighted by molar-refractivity contribution is -0.121. The number of carbonyl (C=O) groups is 1. The van der Waals surface area contributed by atoms with Gasteiger partial charge >= 0.3 is 0 Å². The van der Waals surface area contributed by atoms with Crippen LogP contribution < -0.4 is 5.32 Å². The molecule has 0 aromatic heterocycles. The van der Waals surface area contributed by atoms with Crippen LogP contribution in [0.4, 0.5) is 0 Å². The summed E-state index contributed by atoms with van der Waals surface area (Å²) in [7, 11) is 0. The number of nitrogens with one attached hydrogen (secondary N) is 1. The molecule has 1 aliphatic carbocycles. The van der Waals surface area contributed by atoms with Crippen LogP contribution in [0, 0.1) is 5.92 Å². The maximum atomic E-state index is 11.2. The minimum atomic E-state index is 0.101. The number of rotatable bonds is 0. The largest absolute Gasteiger partial charge is 0.329 e. The third-order valence-corrected chi connectivity index (χ3v) is 2.67. The first-order valence-electron chi connectivity index (χ1n) is 4.67. The summed E-state index contributed by atoms with van der Waals surface area (Å²) in [5.74, 6) is 0.417. The molecule has 4 heteroatoms. The third kappa shape index (κ3) is 1.04. The molecule has 4 nitrogen and oxygen atoms in total. The van der Waals surface area contributed by atoms with Crippen LogP contribution in [0.15, 0.2) is 33.5 Å². The molecule has 0 aromatic carbocycles. The fourth-order valence-electron chi connectivity index (χ4n) is 1.94. The molecule has 0 aromatic rings. The van der Waals surface area contributed by atoms with Crippen LogP contribution in [0.3, 0.4) is 0 Å². The topological polar surface area (TPSA) is 53.8 Å². The Hall–Kier alpha value is -1.71. The van der Waals surface area contributed by atoms with E-state index in [0.717, 1.165) is 23.5 Å². The van der Waals surface area contributed by atoms with Crippen LogP contribution in [0.25, 0.3) is 0 Å². The number of hydrogen-bond acceptors (Lipinski definition) is 3. The lowest BCUT2D eigenvalue weighted by Gasteiger charge is -2.26. The van der Waals surface area contributed by atoms with Gasteiger partial charge in [-0.1, -0.05) is 0 Å². The van der Waals surface area contributed by atoms with E-state index >= 15 is 0 Å². The highest BCUT2D eigenvalue weighted by atomic mass is 16.1. The van der Waals surface area contributed by atoms with E-state index in [9.17, 15) is 4.79 Å². The lowest BCUT2D eigenvalue weighted by atomic mass is 9.89. The van der Waals surface area contributed by atoms with E-state index in [4.69, 9.17) is 0 Å².